The van der Waals surface area contributed by atoms with E-state index in [0.717, 1.165) is 17.0 Å². The molecule has 0 radical (unpaired) electrons. The zero-order valence-corrected chi connectivity index (χ0v) is 11.1. The molecule has 0 saturated heterocycles. The Morgan fingerprint density at radius 3 is 2.00 bits per heavy atom. The minimum Gasteiger partial charge on any atom is -0.481 e. The van der Waals surface area contributed by atoms with Gasteiger partial charge < -0.3 is 5.11 Å². The number of halogens is 2. The molecule has 5 nitrogen and oxygen atoms in total. The molecule has 0 saturated carbocycles. The lowest BCUT2D eigenvalue weighted by Crippen LogP contribution is -2.30. The fraction of sp³-hybridized carbons (Fsp3) is 0.357. The van der Waals surface area contributed by atoms with Gasteiger partial charge in [0.2, 0.25) is 0 Å². The molecule has 0 bridgehead atoms. The molecule has 1 aliphatic rings. The molecule has 1 heterocycles. The Morgan fingerprint density at radius 1 is 1.00 bits per heavy atom. The second-order valence-electron chi connectivity index (χ2n) is 4.78. The first-order chi connectivity index (χ1) is 9.91. The highest BCUT2D eigenvalue weighted by atomic mass is 19.2. The number of carbonyl (C=O) groups excluding carboxylic acids is 2. The second-order valence-corrected chi connectivity index (χ2v) is 4.78. The summed E-state index contributed by atoms with van der Waals surface area (Å²) in [5.41, 5.74) is -0.270. The number of unbranched alkanes of at least 4 members (excludes halogenated alkanes) is 2. The van der Waals surface area contributed by atoms with E-state index in [1.165, 1.54) is 0 Å². The predicted octanol–water partition coefficient (Wildman–Crippen LogP) is 2.21. The maximum absolute atomic E-state index is 13.1. The Hall–Kier alpha value is -2.31. The van der Waals surface area contributed by atoms with Gasteiger partial charge in [0.05, 0.1) is 11.1 Å². The molecule has 0 spiro atoms. The van der Waals surface area contributed by atoms with Crippen molar-refractivity contribution < 1.29 is 28.3 Å². The summed E-state index contributed by atoms with van der Waals surface area (Å²) < 4.78 is 26.2. The van der Waals surface area contributed by atoms with Gasteiger partial charge in [-0.25, -0.2) is 8.78 Å². The fourth-order valence-electron chi connectivity index (χ4n) is 2.21. The van der Waals surface area contributed by atoms with Crippen LogP contribution in [0.4, 0.5) is 8.78 Å². The highest BCUT2D eigenvalue weighted by Gasteiger charge is 2.36. The second kappa shape index (κ2) is 5.99. The van der Waals surface area contributed by atoms with Crippen LogP contribution in [-0.4, -0.2) is 34.3 Å². The van der Waals surface area contributed by atoms with Crippen molar-refractivity contribution in [3.05, 3.63) is 34.9 Å². The van der Waals surface area contributed by atoms with Crippen LogP contribution in [0, 0.1) is 11.6 Å². The van der Waals surface area contributed by atoms with Crippen molar-refractivity contribution in [1.29, 1.82) is 0 Å². The smallest absolute Gasteiger partial charge is 0.303 e. The van der Waals surface area contributed by atoms with Gasteiger partial charge in [-0.15, -0.1) is 0 Å². The Kier molecular flexibility index (Phi) is 4.30. The maximum atomic E-state index is 13.1. The molecule has 1 aromatic rings. The summed E-state index contributed by atoms with van der Waals surface area (Å²) in [7, 11) is 0. The number of aliphatic carboxylic acids is 1. The molecule has 0 fully saturated rings. The first-order valence-electron chi connectivity index (χ1n) is 6.49. The van der Waals surface area contributed by atoms with Gasteiger partial charge in [-0.3, -0.25) is 19.3 Å². The topological polar surface area (TPSA) is 74.7 Å². The summed E-state index contributed by atoms with van der Waals surface area (Å²) in [4.78, 5) is 35.2. The molecule has 1 aromatic carbocycles. The number of amides is 2. The zero-order valence-electron chi connectivity index (χ0n) is 11.1. The van der Waals surface area contributed by atoms with Crippen LogP contribution in [0.2, 0.25) is 0 Å². The van der Waals surface area contributed by atoms with E-state index >= 15 is 0 Å². The van der Waals surface area contributed by atoms with E-state index in [9.17, 15) is 23.2 Å². The number of fused-ring (bicyclic) bond motifs is 1. The molecule has 2 amide bonds. The third-order valence-corrected chi connectivity index (χ3v) is 3.28. The molecule has 2 rings (SSSR count). The number of hydrogen-bond donors (Lipinski definition) is 1. The largest absolute Gasteiger partial charge is 0.481 e. The van der Waals surface area contributed by atoms with E-state index < -0.39 is 29.4 Å². The number of hydrogen-bond acceptors (Lipinski definition) is 3. The highest BCUT2D eigenvalue weighted by Crippen LogP contribution is 2.25. The normalized spacial score (nSPS) is 13.7. The third-order valence-electron chi connectivity index (χ3n) is 3.28. The average Bonchev–Trinajstić information content (AvgIpc) is 2.63. The van der Waals surface area contributed by atoms with E-state index in [2.05, 4.69) is 0 Å². The standard InChI is InChI=1S/C14H13F2NO4/c15-10-6-8-9(7-11(10)16)14(21)17(13(8)20)5-3-1-2-4-12(18)19/h6-7H,1-5H2,(H,18,19). The lowest BCUT2D eigenvalue weighted by atomic mass is 10.1. The minimum atomic E-state index is -1.17. The Bertz CT molecular complexity index is 574. The molecule has 0 unspecified atom stereocenters. The molecular weight excluding hydrogens is 284 g/mol. The number of imide groups is 1. The lowest BCUT2D eigenvalue weighted by molar-refractivity contribution is -0.137. The number of carboxylic acids is 1. The van der Waals surface area contributed by atoms with Crippen molar-refractivity contribution in [3.63, 3.8) is 0 Å². The molecule has 0 aliphatic carbocycles. The Balaban J connectivity index is 1.99. The van der Waals surface area contributed by atoms with E-state index in [-0.39, 0.29) is 24.1 Å². The average molecular weight is 297 g/mol. The predicted molar refractivity (Wildman–Crippen MR) is 67.8 cm³/mol. The first kappa shape index (κ1) is 15.1. The summed E-state index contributed by atoms with van der Waals surface area (Å²) >= 11 is 0. The zero-order chi connectivity index (χ0) is 15.6. The first-order valence-corrected chi connectivity index (χ1v) is 6.49. The Morgan fingerprint density at radius 2 is 1.52 bits per heavy atom. The van der Waals surface area contributed by atoms with Gasteiger partial charge >= 0.3 is 5.97 Å². The highest BCUT2D eigenvalue weighted by molar-refractivity contribution is 6.21. The number of rotatable bonds is 6. The summed E-state index contributed by atoms with van der Waals surface area (Å²) in [6.07, 6.45) is 1.46. The van der Waals surface area contributed by atoms with Crippen molar-refractivity contribution in [2.75, 3.05) is 6.54 Å². The molecule has 0 aromatic heterocycles. The third kappa shape index (κ3) is 3.07. The van der Waals surface area contributed by atoms with E-state index in [1.54, 1.807) is 0 Å². The van der Waals surface area contributed by atoms with Crippen LogP contribution in [0.1, 0.15) is 46.4 Å². The van der Waals surface area contributed by atoms with E-state index in [0.29, 0.717) is 19.3 Å². The molecule has 1 aliphatic heterocycles. The summed E-state index contributed by atoms with van der Waals surface area (Å²) in [5, 5.41) is 8.49. The van der Waals surface area contributed by atoms with Gasteiger partial charge in [0, 0.05) is 13.0 Å². The van der Waals surface area contributed by atoms with Crippen LogP contribution in [0.3, 0.4) is 0 Å². The fourth-order valence-corrected chi connectivity index (χ4v) is 2.21. The van der Waals surface area contributed by atoms with E-state index in [1.807, 2.05) is 0 Å². The van der Waals surface area contributed by atoms with Crippen molar-refractivity contribution >= 4 is 17.8 Å². The van der Waals surface area contributed by atoms with Gasteiger partial charge in [0.15, 0.2) is 11.6 Å². The molecule has 21 heavy (non-hydrogen) atoms. The number of benzene rings is 1. The van der Waals surface area contributed by atoms with Crippen molar-refractivity contribution in [1.82, 2.24) is 4.90 Å². The molecular formula is C14H13F2NO4. The molecule has 7 heteroatoms. The lowest BCUT2D eigenvalue weighted by Gasteiger charge is -2.13. The van der Waals surface area contributed by atoms with Crippen LogP contribution < -0.4 is 0 Å². The van der Waals surface area contributed by atoms with Crippen LogP contribution >= 0.6 is 0 Å². The molecule has 0 atom stereocenters. The van der Waals surface area contributed by atoms with Gasteiger partial charge in [0.1, 0.15) is 0 Å². The summed E-state index contributed by atoms with van der Waals surface area (Å²) in [6.45, 7) is 0.106. The molecule has 1 N–H and O–H groups in total. The number of carbonyl (C=O) groups is 3. The van der Waals surface area contributed by atoms with Gasteiger partial charge in [-0.1, -0.05) is 6.42 Å². The van der Waals surface area contributed by atoms with Crippen LogP contribution in [0.25, 0.3) is 0 Å². The van der Waals surface area contributed by atoms with Gasteiger partial charge in [0.25, 0.3) is 11.8 Å². The quantitative estimate of drug-likeness (QED) is 0.645. The van der Waals surface area contributed by atoms with Crippen LogP contribution in [0.5, 0.6) is 0 Å². The van der Waals surface area contributed by atoms with Crippen molar-refractivity contribution in [2.45, 2.75) is 25.7 Å². The monoisotopic (exact) mass is 297 g/mol. The maximum Gasteiger partial charge on any atom is 0.303 e. The molecule has 112 valence electrons. The SMILES string of the molecule is O=C(O)CCCCCN1C(=O)c2cc(F)c(F)cc2C1=O. The van der Waals surface area contributed by atoms with Crippen LogP contribution in [0.15, 0.2) is 12.1 Å². The van der Waals surface area contributed by atoms with Crippen LogP contribution in [-0.2, 0) is 4.79 Å². The Labute approximate surface area is 119 Å². The number of carboxylic acid groups (broad SMARTS) is 1. The van der Waals surface area contributed by atoms with Gasteiger partial charge in [-0.05, 0) is 25.0 Å². The van der Waals surface area contributed by atoms with Gasteiger partial charge in [-0.2, -0.15) is 0 Å². The minimum absolute atomic E-state index is 0.0263. The summed E-state index contributed by atoms with van der Waals surface area (Å²) in [5.74, 6) is -4.53. The van der Waals surface area contributed by atoms with E-state index in [4.69, 9.17) is 5.11 Å². The number of nitrogens with zero attached hydrogens (tertiary/aromatic N) is 1. The summed E-state index contributed by atoms with van der Waals surface area (Å²) in [6, 6.07) is 1.46. The van der Waals surface area contributed by atoms with Crippen molar-refractivity contribution in [2.24, 2.45) is 0 Å². The van der Waals surface area contributed by atoms with Crippen molar-refractivity contribution in [3.8, 4) is 0 Å².